The van der Waals surface area contributed by atoms with Gasteiger partial charge in [0.1, 0.15) is 5.82 Å². The first-order chi connectivity index (χ1) is 9.79. The molecule has 0 radical (unpaired) electrons. The molecule has 0 bridgehead atoms. The standard InChI is InChI=1S/C17H21N3/c1-3-18-13(2)15-8-10-19-17(12-15)20-11-9-14-6-4-5-7-16(14)20/h4-8,10,12-13,18H,3,9,11H2,1-2H3. The molecule has 104 valence electrons. The van der Waals surface area contributed by atoms with Gasteiger partial charge in [-0.15, -0.1) is 0 Å². The minimum Gasteiger partial charge on any atom is -0.326 e. The number of fused-ring (bicyclic) bond motifs is 1. The lowest BCUT2D eigenvalue weighted by atomic mass is 10.1. The average molecular weight is 267 g/mol. The summed E-state index contributed by atoms with van der Waals surface area (Å²) in [6.45, 7) is 6.33. The monoisotopic (exact) mass is 267 g/mol. The van der Waals surface area contributed by atoms with Crippen molar-refractivity contribution in [3.05, 3.63) is 53.7 Å². The lowest BCUT2D eigenvalue weighted by Crippen LogP contribution is -2.19. The number of anilines is 2. The van der Waals surface area contributed by atoms with Crippen molar-refractivity contribution < 1.29 is 0 Å². The fraction of sp³-hybridized carbons (Fsp3) is 0.353. The summed E-state index contributed by atoms with van der Waals surface area (Å²) < 4.78 is 0. The molecule has 0 saturated carbocycles. The predicted octanol–water partition coefficient (Wildman–Crippen LogP) is 3.45. The average Bonchev–Trinajstić information content (AvgIpc) is 2.91. The molecule has 1 atom stereocenters. The van der Waals surface area contributed by atoms with Gasteiger partial charge >= 0.3 is 0 Å². The second kappa shape index (κ2) is 5.63. The van der Waals surface area contributed by atoms with E-state index in [1.807, 2.05) is 6.20 Å². The van der Waals surface area contributed by atoms with Crippen LogP contribution in [0.25, 0.3) is 0 Å². The quantitative estimate of drug-likeness (QED) is 0.919. The Bertz CT molecular complexity index is 594. The Hall–Kier alpha value is -1.87. The maximum Gasteiger partial charge on any atom is 0.133 e. The van der Waals surface area contributed by atoms with E-state index < -0.39 is 0 Å². The molecule has 3 heteroatoms. The van der Waals surface area contributed by atoms with Crippen molar-refractivity contribution in [1.29, 1.82) is 0 Å². The van der Waals surface area contributed by atoms with E-state index in [-0.39, 0.29) is 0 Å². The van der Waals surface area contributed by atoms with Crippen molar-refractivity contribution >= 4 is 11.5 Å². The molecule has 0 spiro atoms. The van der Waals surface area contributed by atoms with Crippen molar-refractivity contribution in [3.63, 3.8) is 0 Å². The van der Waals surface area contributed by atoms with Gasteiger partial charge in [-0.3, -0.25) is 0 Å². The number of nitrogens with zero attached hydrogens (tertiary/aromatic N) is 2. The third-order valence-electron chi connectivity index (χ3n) is 3.94. The Morgan fingerprint density at radius 3 is 3.00 bits per heavy atom. The van der Waals surface area contributed by atoms with E-state index in [1.165, 1.54) is 16.8 Å². The Labute approximate surface area is 120 Å². The zero-order valence-electron chi connectivity index (χ0n) is 12.1. The van der Waals surface area contributed by atoms with Crippen LogP contribution in [0.5, 0.6) is 0 Å². The van der Waals surface area contributed by atoms with Crippen molar-refractivity contribution in [2.24, 2.45) is 0 Å². The first-order valence-electron chi connectivity index (χ1n) is 7.34. The van der Waals surface area contributed by atoms with Crippen LogP contribution in [-0.4, -0.2) is 18.1 Å². The Balaban J connectivity index is 1.90. The van der Waals surface area contributed by atoms with Gasteiger partial charge < -0.3 is 10.2 Å². The summed E-state index contributed by atoms with van der Waals surface area (Å²) in [5, 5.41) is 3.45. The van der Waals surface area contributed by atoms with Gasteiger partial charge in [-0.1, -0.05) is 25.1 Å². The first-order valence-corrected chi connectivity index (χ1v) is 7.34. The van der Waals surface area contributed by atoms with Gasteiger partial charge in [0.25, 0.3) is 0 Å². The van der Waals surface area contributed by atoms with Crippen molar-refractivity contribution in [3.8, 4) is 0 Å². The van der Waals surface area contributed by atoms with Crippen LogP contribution in [0, 0.1) is 0 Å². The van der Waals surface area contributed by atoms with E-state index in [1.54, 1.807) is 0 Å². The molecule has 3 nitrogen and oxygen atoms in total. The van der Waals surface area contributed by atoms with Crippen LogP contribution < -0.4 is 10.2 Å². The van der Waals surface area contributed by atoms with E-state index in [0.29, 0.717) is 6.04 Å². The molecule has 1 aromatic heterocycles. The fourth-order valence-corrected chi connectivity index (χ4v) is 2.85. The molecule has 3 rings (SSSR count). The Morgan fingerprint density at radius 2 is 2.15 bits per heavy atom. The fourth-order valence-electron chi connectivity index (χ4n) is 2.85. The van der Waals surface area contributed by atoms with E-state index in [4.69, 9.17) is 0 Å². The highest BCUT2D eigenvalue weighted by Gasteiger charge is 2.21. The molecule has 0 fully saturated rings. The minimum absolute atomic E-state index is 0.361. The molecule has 1 N–H and O–H groups in total. The topological polar surface area (TPSA) is 28.2 Å². The SMILES string of the molecule is CCNC(C)c1ccnc(N2CCc3ccccc32)c1. The summed E-state index contributed by atoms with van der Waals surface area (Å²) >= 11 is 0. The number of para-hydroxylation sites is 1. The second-order valence-corrected chi connectivity index (χ2v) is 5.26. The predicted molar refractivity (Wildman–Crippen MR) is 83.5 cm³/mol. The van der Waals surface area contributed by atoms with Gasteiger partial charge in [0.2, 0.25) is 0 Å². The van der Waals surface area contributed by atoms with Crippen molar-refractivity contribution in [2.45, 2.75) is 26.3 Å². The van der Waals surface area contributed by atoms with Gasteiger partial charge in [-0.2, -0.15) is 0 Å². The maximum atomic E-state index is 4.56. The van der Waals surface area contributed by atoms with Gasteiger partial charge in [0.15, 0.2) is 0 Å². The van der Waals surface area contributed by atoms with Gasteiger partial charge in [-0.25, -0.2) is 4.98 Å². The molecule has 1 unspecified atom stereocenters. The third-order valence-corrected chi connectivity index (χ3v) is 3.94. The van der Waals surface area contributed by atoms with E-state index >= 15 is 0 Å². The number of hydrogen-bond acceptors (Lipinski definition) is 3. The van der Waals surface area contributed by atoms with Gasteiger partial charge in [-0.05, 0) is 49.2 Å². The maximum absolute atomic E-state index is 4.56. The summed E-state index contributed by atoms with van der Waals surface area (Å²) in [6.07, 6.45) is 3.02. The molecular weight excluding hydrogens is 246 g/mol. The van der Waals surface area contributed by atoms with Crippen molar-refractivity contribution in [2.75, 3.05) is 18.0 Å². The Morgan fingerprint density at radius 1 is 1.30 bits per heavy atom. The van der Waals surface area contributed by atoms with E-state index in [0.717, 1.165) is 25.3 Å². The lowest BCUT2D eigenvalue weighted by molar-refractivity contribution is 0.597. The normalized spacial score (nSPS) is 15.2. The molecule has 0 saturated heterocycles. The summed E-state index contributed by atoms with van der Waals surface area (Å²) in [6, 6.07) is 13.3. The van der Waals surface area contributed by atoms with Gasteiger partial charge in [0.05, 0.1) is 0 Å². The molecule has 2 aromatic rings. The highest BCUT2D eigenvalue weighted by Crippen LogP contribution is 2.33. The minimum atomic E-state index is 0.361. The summed E-state index contributed by atoms with van der Waals surface area (Å²) in [5.74, 6) is 1.05. The molecule has 0 aliphatic carbocycles. The number of benzene rings is 1. The van der Waals surface area contributed by atoms with E-state index in [2.05, 4.69) is 65.4 Å². The zero-order chi connectivity index (χ0) is 13.9. The molecule has 0 amide bonds. The molecule has 20 heavy (non-hydrogen) atoms. The number of aromatic nitrogens is 1. The highest BCUT2D eigenvalue weighted by molar-refractivity contribution is 5.67. The lowest BCUT2D eigenvalue weighted by Gasteiger charge is -2.20. The smallest absolute Gasteiger partial charge is 0.133 e. The number of nitrogens with one attached hydrogen (secondary N) is 1. The van der Waals surface area contributed by atoms with Crippen LogP contribution in [0.1, 0.15) is 31.0 Å². The zero-order valence-corrected chi connectivity index (χ0v) is 12.1. The van der Waals surface area contributed by atoms with Crippen LogP contribution in [0.3, 0.4) is 0 Å². The van der Waals surface area contributed by atoms with Crippen LogP contribution in [0.15, 0.2) is 42.6 Å². The summed E-state index contributed by atoms with van der Waals surface area (Å²) in [4.78, 5) is 6.88. The summed E-state index contributed by atoms with van der Waals surface area (Å²) in [7, 11) is 0. The number of hydrogen-bond donors (Lipinski definition) is 1. The second-order valence-electron chi connectivity index (χ2n) is 5.26. The largest absolute Gasteiger partial charge is 0.326 e. The molecule has 1 aliphatic rings. The third kappa shape index (κ3) is 2.41. The molecular formula is C17H21N3. The molecule has 2 heterocycles. The number of pyridine rings is 1. The van der Waals surface area contributed by atoms with E-state index in [9.17, 15) is 0 Å². The van der Waals surface area contributed by atoms with Crippen LogP contribution in [0.2, 0.25) is 0 Å². The van der Waals surface area contributed by atoms with Crippen LogP contribution in [0.4, 0.5) is 11.5 Å². The molecule has 1 aromatic carbocycles. The van der Waals surface area contributed by atoms with Crippen LogP contribution >= 0.6 is 0 Å². The first kappa shape index (κ1) is 13.1. The van der Waals surface area contributed by atoms with Gasteiger partial charge in [0, 0.05) is 24.5 Å². The molecule has 1 aliphatic heterocycles. The highest BCUT2D eigenvalue weighted by atomic mass is 15.2. The number of rotatable bonds is 4. The summed E-state index contributed by atoms with van der Waals surface area (Å²) in [5.41, 5.74) is 4.01. The van der Waals surface area contributed by atoms with Crippen LogP contribution in [-0.2, 0) is 6.42 Å². The van der Waals surface area contributed by atoms with Crippen molar-refractivity contribution in [1.82, 2.24) is 10.3 Å². The Kier molecular flexibility index (Phi) is 3.70.